The van der Waals surface area contributed by atoms with Crippen LogP contribution in [0.2, 0.25) is 0 Å². The molecular formula is C18H24IN3OS. The number of hydrogen-bond acceptors (Lipinski definition) is 3. The van der Waals surface area contributed by atoms with Gasteiger partial charge in [-0.2, -0.15) is 0 Å². The second-order valence-electron chi connectivity index (χ2n) is 4.83. The van der Waals surface area contributed by atoms with Gasteiger partial charge in [0.05, 0.1) is 7.11 Å². The van der Waals surface area contributed by atoms with Crippen molar-refractivity contribution in [2.45, 2.75) is 11.4 Å². The van der Waals surface area contributed by atoms with E-state index in [0.717, 1.165) is 29.6 Å². The Morgan fingerprint density at radius 2 is 1.75 bits per heavy atom. The molecule has 0 heterocycles. The Kier molecular flexibility index (Phi) is 10.3. The van der Waals surface area contributed by atoms with E-state index in [9.17, 15) is 0 Å². The zero-order valence-electron chi connectivity index (χ0n) is 14.0. The van der Waals surface area contributed by atoms with Gasteiger partial charge in [-0.3, -0.25) is 4.99 Å². The van der Waals surface area contributed by atoms with Gasteiger partial charge in [-0.05, 0) is 18.2 Å². The van der Waals surface area contributed by atoms with Crippen LogP contribution in [0.25, 0.3) is 0 Å². The first kappa shape index (κ1) is 20.6. The molecule has 4 nitrogen and oxygen atoms in total. The number of rotatable bonds is 7. The van der Waals surface area contributed by atoms with E-state index in [0.29, 0.717) is 6.54 Å². The molecule has 2 rings (SSSR count). The first-order chi connectivity index (χ1) is 11.3. The molecular weight excluding hydrogens is 433 g/mol. The smallest absolute Gasteiger partial charge is 0.191 e. The van der Waals surface area contributed by atoms with Crippen molar-refractivity contribution in [3.63, 3.8) is 0 Å². The third-order valence-electron chi connectivity index (χ3n) is 3.27. The van der Waals surface area contributed by atoms with E-state index in [2.05, 4.69) is 39.9 Å². The van der Waals surface area contributed by atoms with Gasteiger partial charge in [0.25, 0.3) is 0 Å². The lowest BCUT2D eigenvalue weighted by Gasteiger charge is -2.13. The number of halogens is 1. The van der Waals surface area contributed by atoms with E-state index in [1.54, 1.807) is 14.2 Å². The van der Waals surface area contributed by atoms with Gasteiger partial charge in [-0.25, -0.2) is 0 Å². The van der Waals surface area contributed by atoms with Crippen molar-refractivity contribution < 1.29 is 4.74 Å². The van der Waals surface area contributed by atoms with Gasteiger partial charge in [0.2, 0.25) is 0 Å². The average molecular weight is 457 g/mol. The molecule has 0 unspecified atom stereocenters. The number of thioether (sulfide) groups is 1. The van der Waals surface area contributed by atoms with Crippen LogP contribution in [0.4, 0.5) is 0 Å². The van der Waals surface area contributed by atoms with Crippen LogP contribution in [-0.4, -0.2) is 32.4 Å². The van der Waals surface area contributed by atoms with Crippen molar-refractivity contribution in [2.75, 3.05) is 26.5 Å². The first-order valence-corrected chi connectivity index (χ1v) is 8.56. The number of nitrogens with zero attached hydrogens (tertiary/aromatic N) is 1. The summed E-state index contributed by atoms with van der Waals surface area (Å²) in [6.07, 6.45) is 0. The zero-order valence-corrected chi connectivity index (χ0v) is 17.1. The van der Waals surface area contributed by atoms with E-state index in [4.69, 9.17) is 4.74 Å². The van der Waals surface area contributed by atoms with Crippen LogP contribution in [0.1, 0.15) is 5.56 Å². The minimum Gasteiger partial charge on any atom is -0.496 e. The van der Waals surface area contributed by atoms with Crippen LogP contribution in [0.3, 0.4) is 0 Å². The van der Waals surface area contributed by atoms with Crippen LogP contribution in [0, 0.1) is 0 Å². The molecule has 0 spiro atoms. The summed E-state index contributed by atoms with van der Waals surface area (Å²) < 4.78 is 5.36. The molecule has 0 fully saturated rings. The number of para-hydroxylation sites is 1. The van der Waals surface area contributed by atoms with Crippen molar-refractivity contribution in [3.05, 3.63) is 60.2 Å². The van der Waals surface area contributed by atoms with E-state index in [1.165, 1.54) is 4.90 Å². The van der Waals surface area contributed by atoms with Crippen molar-refractivity contribution >= 4 is 41.7 Å². The van der Waals surface area contributed by atoms with Crippen molar-refractivity contribution in [3.8, 4) is 5.75 Å². The van der Waals surface area contributed by atoms with Crippen molar-refractivity contribution in [1.82, 2.24) is 10.6 Å². The van der Waals surface area contributed by atoms with E-state index >= 15 is 0 Å². The fourth-order valence-corrected chi connectivity index (χ4v) is 2.89. The lowest BCUT2D eigenvalue weighted by Crippen LogP contribution is -2.38. The molecule has 0 bridgehead atoms. The molecule has 0 amide bonds. The molecule has 2 aromatic rings. The number of ether oxygens (including phenoxy) is 1. The highest BCUT2D eigenvalue weighted by atomic mass is 127. The Morgan fingerprint density at radius 3 is 2.46 bits per heavy atom. The van der Waals surface area contributed by atoms with Crippen molar-refractivity contribution in [2.24, 2.45) is 4.99 Å². The highest BCUT2D eigenvalue weighted by Crippen LogP contribution is 2.17. The van der Waals surface area contributed by atoms with Crippen LogP contribution in [-0.2, 0) is 6.54 Å². The number of aliphatic imine (C=N–C) groups is 1. The zero-order chi connectivity index (χ0) is 16.3. The molecule has 130 valence electrons. The molecule has 0 aliphatic heterocycles. The minimum atomic E-state index is 0. The summed E-state index contributed by atoms with van der Waals surface area (Å²) >= 11 is 1.83. The third-order valence-corrected chi connectivity index (χ3v) is 4.28. The molecule has 6 heteroatoms. The standard InChI is InChI=1S/C18H23N3OS.HI/c1-19-18(20-12-13-23-16-9-4-3-5-10-16)21-14-15-8-6-7-11-17(15)22-2;/h3-11H,12-14H2,1-2H3,(H2,19,20,21);1H. The molecule has 0 saturated carbocycles. The fourth-order valence-electron chi connectivity index (χ4n) is 2.10. The van der Waals surface area contributed by atoms with Crippen LogP contribution in [0.15, 0.2) is 64.5 Å². The largest absolute Gasteiger partial charge is 0.496 e. The Bertz CT molecular complexity index is 623. The van der Waals surface area contributed by atoms with Gasteiger partial charge in [-0.15, -0.1) is 35.7 Å². The Labute approximate surface area is 165 Å². The van der Waals surface area contributed by atoms with Gasteiger partial charge < -0.3 is 15.4 Å². The average Bonchev–Trinajstić information content (AvgIpc) is 2.62. The van der Waals surface area contributed by atoms with Crippen molar-refractivity contribution in [1.29, 1.82) is 0 Å². The highest BCUT2D eigenvalue weighted by molar-refractivity contribution is 14.0. The van der Waals surface area contributed by atoms with Crippen LogP contribution >= 0.6 is 35.7 Å². The maximum atomic E-state index is 5.36. The summed E-state index contributed by atoms with van der Waals surface area (Å²) in [4.78, 5) is 5.53. The molecule has 0 atom stereocenters. The maximum Gasteiger partial charge on any atom is 0.191 e. The fraction of sp³-hybridized carbons (Fsp3) is 0.278. The first-order valence-electron chi connectivity index (χ1n) is 7.57. The lowest BCUT2D eigenvalue weighted by molar-refractivity contribution is 0.409. The summed E-state index contributed by atoms with van der Waals surface area (Å²) in [6.45, 7) is 1.53. The summed E-state index contributed by atoms with van der Waals surface area (Å²) in [6, 6.07) is 18.4. The quantitative estimate of drug-likeness (QED) is 0.219. The second-order valence-corrected chi connectivity index (χ2v) is 5.99. The van der Waals surface area contributed by atoms with Gasteiger partial charge in [0, 0.05) is 36.3 Å². The third kappa shape index (κ3) is 7.00. The van der Waals surface area contributed by atoms with Gasteiger partial charge in [0.15, 0.2) is 5.96 Å². The number of hydrogen-bond donors (Lipinski definition) is 2. The summed E-state index contributed by atoms with van der Waals surface area (Å²) in [7, 11) is 3.47. The molecule has 0 aliphatic rings. The monoisotopic (exact) mass is 457 g/mol. The molecule has 24 heavy (non-hydrogen) atoms. The van der Waals surface area contributed by atoms with Gasteiger partial charge >= 0.3 is 0 Å². The Balaban J connectivity index is 0.00000288. The van der Waals surface area contributed by atoms with Gasteiger partial charge in [0.1, 0.15) is 5.75 Å². The van der Waals surface area contributed by atoms with E-state index in [1.807, 2.05) is 42.1 Å². The van der Waals surface area contributed by atoms with E-state index < -0.39 is 0 Å². The normalized spacial score (nSPS) is 10.7. The number of methoxy groups -OCH3 is 1. The highest BCUT2D eigenvalue weighted by Gasteiger charge is 2.03. The van der Waals surface area contributed by atoms with Crippen LogP contribution in [0.5, 0.6) is 5.75 Å². The maximum absolute atomic E-state index is 5.36. The Hall–Kier alpha value is -1.41. The molecule has 2 aromatic carbocycles. The summed E-state index contributed by atoms with van der Waals surface area (Å²) in [5.74, 6) is 2.67. The SMILES string of the molecule is CN=C(NCCSc1ccccc1)NCc1ccccc1OC.I. The minimum absolute atomic E-state index is 0. The number of nitrogens with one attached hydrogen (secondary N) is 2. The van der Waals surface area contributed by atoms with E-state index in [-0.39, 0.29) is 24.0 Å². The topological polar surface area (TPSA) is 45.7 Å². The molecule has 0 aliphatic carbocycles. The molecule has 2 N–H and O–H groups in total. The molecule has 0 saturated heterocycles. The van der Waals surface area contributed by atoms with Gasteiger partial charge in [-0.1, -0.05) is 36.4 Å². The predicted octanol–water partition coefficient (Wildman–Crippen LogP) is 3.77. The Morgan fingerprint density at radius 1 is 1.04 bits per heavy atom. The molecule has 0 radical (unpaired) electrons. The number of guanidine groups is 1. The summed E-state index contributed by atoms with van der Waals surface area (Å²) in [5, 5.41) is 6.63. The predicted molar refractivity (Wildman–Crippen MR) is 114 cm³/mol. The van der Waals surface area contributed by atoms with Crippen LogP contribution < -0.4 is 15.4 Å². The summed E-state index contributed by atoms with van der Waals surface area (Å²) in [5.41, 5.74) is 1.11. The number of benzene rings is 2. The molecule has 0 aromatic heterocycles. The lowest BCUT2D eigenvalue weighted by atomic mass is 10.2. The second kappa shape index (κ2) is 12.0.